The van der Waals surface area contributed by atoms with Gasteiger partial charge in [0, 0.05) is 24.7 Å². The van der Waals surface area contributed by atoms with Crippen LogP contribution in [0.5, 0.6) is 0 Å². The lowest BCUT2D eigenvalue weighted by Gasteiger charge is -2.59. The molecule has 0 aliphatic heterocycles. The minimum atomic E-state index is 0.326. The van der Waals surface area contributed by atoms with E-state index in [9.17, 15) is 0 Å². The van der Waals surface area contributed by atoms with Crippen LogP contribution < -0.4 is 5.73 Å². The second-order valence-electron chi connectivity index (χ2n) is 8.18. The Balaban J connectivity index is 1.55. The van der Waals surface area contributed by atoms with Gasteiger partial charge in [-0.2, -0.15) is 5.10 Å². The number of aromatic nitrogens is 2. The predicted octanol–water partition coefficient (Wildman–Crippen LogP) is 3.30. The molecular formula is C18H29N3. The Hall–Kier alpha value is -0.830. The molecule has 0 amide bonds. The lowest BCUT2D eigenvalue weighted by Crippen LogP contribution is -2.55. The summed E-state index contributed by atoms with van der Waals surface area (Å²) < 4.78 is 2.15. The highest BCUT2D eigenvalue weighted by molar-refractivity contribution is 5.14. The van der Waals surface area contributed by atoms with Crippen LogP contribution in [0.4, 0.5) is 0 Å². The van der Waals surface area contributed by atoms with Crippen molar-refractivity contribution in [3.05, 3.63) is 17.5 Å². The average molecular weight is 287 g/mol. The highest BCUT2D eigenvalue weighted by atomic mass is 15.3. The van der Waals surface area contributed by atoms with E-state index in [2.05, 4.69) is 29.7 Å². The molecule has 2 N–H and O–H groups in total. The molecular weight excluding hydrogens is 258 g/mol. The highest BCUT2D eigenvalue weighted by Gasteiger charge is 2.53. The Morgan fingerprint density at radius 2 is 1.81 bits per heavy atom. The molecule has 1 aromatic heterocycles. The lowest BCUT2D eigenvalue weighted by atomic mass is 9.47. The largest absolute Gasteiger partial charge is 0.327 e. The summed E-state index contributed by atoms with van der Waals surface area (Å²) >= 11 is 0. The van der Waals surface area contributed by atoms with Crippen molar-refractivity contribution in [1.29, 1.82) is 0 Å². The Kier molecular flexibility index (Phi) is 3.18. The molecule has 0 radical (unpaired) electrons. The summed E-state index contributed by atoms with van der Waals surface area (Å²) in [6.45, 7) is 5.22. The smallest absolute Gasteiger partial charge is 0.0596 e. The van der Waals surface area contributed by atoms with Crippen LogP contribution in [0, 0.1) is 30.1 Å². The van der Waals surface area contributed by atoms with Gasteiger partial charge in [0.1, 0.15) is 0 Å². The number of nitrogens with two attached hydrogens (primary N) is 1. The zero-order valence-electron chi connectivity index (χ0n) is 13.5. The second kappa shape index (κ2) is 4.84. The summed E-state index contributed by atoms with van der Waals surface area (Å²) in [6.07, 6.45) is 9.72. The van der Waals surface area contributed by atoms with Crippen molar-refractivity contribution in [2.24, 2.45) is 28.9 Å². The summed E-state index contributed by atoms with van der Waals surface area (Å²) in [7, 11) is 0. The molecule has 0 spiro atoms. The number of aryl methyl sites for hydroxylation is 2. The van der Waals surface area contributed by atoms with Crippen molar-refractivity contribution in [1.82, 2.24) is 9.78 Å². The molecule has 4 saturated carbocycles. The fourth-order valence-electron chi connectivity index (χ4n) is 6.11. The van der Waals surface area contributed by atoms with Gasteiger partial charge in [-0.3, -0.25) is 4.68 Å². The van der Waals surface area contributed by atoms with Gasteiger partial charge in [0.2, 0.25) is 0 Å². The van der Waals surface area contributed by atoms with Crippen LogP contribution in [0.3, 0.4) is 0 Å². The molecule has 1 atom stereocenters. The van der Waals surface area contributed by atoms with E-state index in [1.165, 1.54) is 44.2 Å². The molecule has 1 unspecified atom stereocenters. The van der Waals surface area contributed by atoms with Crippen molar-refractivity contribution in [3.8, 4) is 0 Å². The maximum atomic E-state index is 6.80. The first-order valence-corrected chi connectivity index (χ1v) is 8.87. The number of nitrogens with zero attached hydrogens (tertiary/aromatic N) is 2. The van der Waals surface area contributed by atoms with Gasteiger partial charge in [0.15, 0.2) is 0 Å². The standard InChI is InChI=1S/C18H29N3/c1-3-21-16(4-12(2)20-21)8-17(19)18-9-13-5-14(10-18)7-15(6-13)11-18/h4,13-15,17H,3,5-11,19H2,1-2H3. The van der Waals surface area contributed by atoms with Crippen LogP contribution in [0.1, 0.15) is 56.8 Å². The molecule has 1 heterocycles. The van der Waals surface area contributed by atoms with Crippen LogP contribution in [-0.2, 0) is 13.0 Å². The SMILES string of the molecule is CCn1nc(C)cc1CC(N)C12CC3CC(CC(C3)C1)C2. The molecule has 1 aromatic rings. The van der Waals surface area contributed by atoms with Crippen molar-refractivity contribution in [2.75, 3.05) is 0 Å². The third kappa shape index (κ3) is 2.25. The minimum Gasteiger partial charge on any atom is -0.327 e. The average Bonchev–Trinajstić information content (AvgIpc) is 2.77. The first-order valence-electron chi connectivity index (χ1n) is 8.87. The molecule has 116 valence electrons. The third-order valence-electron chi connectivity index (χ3n) is 6.59. The molecule has 0 saturated heterocycles. The van der Waals surface area contributed by atoms with Crippen LogP contribution in [0.15, 0.2) is 6.07 Å². The van der Waals surface area contributed by atoms with Gasteiger partial charge < -0.3 is 5.73 Å². The zero-order chi connectivity index (χ0) is 14.6. The van der Waals surface area contributed by atoms with Crippen LogP contribution in [-0.4, -0.2) is 15.8 Å². The van der Waals surface area contributed by atoms with E-state index < -0.39 is 0 Å². The Morgan fingerprint density at radius 3 is 2.33 bits per heavy atom. The quantitative estimate of drug-likeness (QED) is 0.923. The van der Waals surface area contributed by atoms with Gasteiger partial charge in [-0.15, -0.1) is 0 Å². The van der Waals surface area contributed by atoms with E-state index in [-0.39, 0.29) is 0 Å². The summed E-state index contributed by atoms with van der Waals surface area (Å²) in [5.74, 6) is 2.96. The lowest BCUT2D eigenvalue weighted by molar-refractivity contribution is -0.0670. The van der Waals surface area contributed by atoms with Gasteiger partial charge in [0.05, 0.1) is 5.69 Å². The number of hydrogen-bond acceptors (Lipinski definition) is 2. The highest BCUT2D eigenvalue weighted by Crippen LogP contribution is 2.61. The van der Waals surface area contributed by atoms with Crippen molar-refractivity contribution < 1.29 is 0 Å². The molecule has 3 heteroatoms. The van der Waals surface area contributed by atoms with E-state index >= 15 is 0 Å². The molecule has 3 nitrogen and oxygen atoms in total. The normalized spacial score (nSPS) is 38.9. The molecule has 5 rings (SSSR count). The second-order valence-corrected chi connectivity index (χ2v) is 8.18. The Morgan fingerprint density at radius 1 is 1.24 bits per heavy atom. The van der Waals surface area contributed by atoms with Gasteiger partial charge in [-0.05, 0) is 81.6 Å². The minimum absolute atomic E-state index is 0.326. The monoisotopic (exact) mass is 287 g/mol. The van der Waals surface area contributed by atoms with E-state index in [1.807, 2.05) is 0 Å². The van der Waals surface area contributed by atoms with Crippen molar-refractivity contribution in [2.45, 2.75) is 71.4 Å². The summed E-state index contributed by atoms with van der Waals surface area (Å²) in [6, 6.07) is 2.57. The predicted molar refractivity (Wildman–Crippen MR) is 84.9 cm³/mol. The summed E-state index contributed by atoms with van der Waals surface area (Å²) in [5.41, 5.74) is 9.72. The van der Waals surface area contributed by atoms with Crippen LogP contribution in [0.25, 0.3) is 0 Å². The summed E-state index contributed by atoms with van der Waals surface area (Å²) in [4.78, 5) is 0. The molecule has 21 heavy (non-hydrogen) atoms. The molecule has 4 fully saturated rings. The summed E-state index contributed by atoms with van der Waals surface area (Å²) in [5, 5.41) is 4.59. The van der Waals surface area contributed by atoms with Crippen LogP contribution >= 0.6 is 0 Å². The first kappa shape index (κ1) is 13.8. The van der Waals surface area contributed by atoms with E-state index in [0.29, 0.717) is 11.5 Å². The maximum absolute atomic E-state index is 6.80. The zero-order valence-corrected chi connectivity index (χ0v) is 13.5. The third-order valence-corrected chi connectivity index (χ3v) is 6.59. The maximum Gasteiger partial charge on any atom is 0.0596 e. The van der Waals surface area contributed by atoms with E-state index in [1.54, 1.807) is 0 Å². The molecule has 4 bridgehead atoms. The van der Waals surface area contributed by atoms with E-state index in [0.717, 1.165) is 36.4 Å². The Bertz CT molecular complexity index is 495. The van der Waals surface area contributed by atoms with Crippen molar-refractivity contribution in [3.63, 3.8) is 0 Å². The van der Waals surface area contributed by atoms with Crippen LogP contribution in [0.2, 0.25) is 0 Å². The topological polar surface area (TPSA) is 43.8 Å². The molecule has 4 aliphatic carbocycles. The van der Waals surface area contributed by atoms with E-state index in [4.69, 9.17) is 5.73 Å². The van der Waals surface area contributed by atoms with Gasteiger partial charge in [-0.25, -0.2) is 0 Å². The molecule has 4 aliphatic rings. The van der Waals surface area contributed by atoms with Gasteiger partial charge in [-0.1, -0.05) is 0 Å². The van der Waals surface area contributed by atoms with Gasteiger partial charge >= 0.3 is 0 Å². The van der Waals surface area contributed by atoms with Crippen molar-refractivity contribution >= 4 is 0 Å². The first-order chi connectivity index (χ1) is 10.1. The Labute approximate surface area is 128 Å². The number of hydrogen-bond donors (Lipinski definition) is 1. The number of rotatable bonds is 4. The molecule has 0 aromatic carbocycles. The van der Waals surface area contributed by atoms with Gasteiger partial charge in [0.25, 0.3) is 0 Å². The fraction of sp³-hybridized carbons (Fsp3) is 0.833. The fourth-order valence-corrected chi connectivity index (χ4v) is 6.11.